The predicted molar refractivity (Wildman–Crippen MR) is 108 cm³/mol. The van der Waals surface area contributed by atoms with E-state index in [9.17, 15) is 20.3 Å². The maximum atomic E-state index is 11.1. The molecule has 3 rings (SSSR count). The molecule has 9 nitrogen and oxygen atoms in total. The number of nitrogens with zero attached hydrogens (tertiary/aromatic N) is 5. The third kappa shape index (κ3) is 4.30. The van der Waals surface area contributed by atoms with Gasteiger partial charge in [0.15, 0.2) is 0 Å². The molecule has 0 amide bonds. The molecule has 0 saturated heterocycles. The quantitative estimate of drug-likeness (QED) is 0.337. The van der Waals surface area contributed by atoms with Crippen LogP contribution in [0.3, 0.4) is 0 Å². The lowest BCUT2D eigenvalue weighted by atomic mass is 10.1. The number of azo groups is 1. The van der Waals surface area contributed by atoms with E-state index in [0.717, 1.165) is 16.0 Å². The number of rotatable bonds is 8. The number of benzene rings is 2. The fourth-order valence-electron chi connectivity index (χ4n) is 2.80. The lowest BCUT2D eigenvalue weighted by Gasteiger charge is -2.23. The first-order valence-corrected chi connectivity index (χ1v) is 9.32. The Morgan fingerprint density at radius 1 is 1.14 bits per heavy atom. The average molecular weight is 401 g/mol. The number of hydrogen-bond acceptors (Lipinski definition) is 9. The van der Waals surface area contributed by atoms with Crippen molar-refractivity contribution < 1.29 is 15.1 Å². The minimum atomic E-state index is -0.465. The van der Waals surface area contributed by atoms with Gasteiger partial charge in [-0.3, -0.25) is 10.1 Å². The van der Waals surface area contributed by atoms with E-state index in [1.807, 2.05) is 24.0 Å². The lowest BCUT2D eigenvalue weighted by Crippen LogP contribution is -2.29. The van der Waals surface area contributed by atoms with Gasteiger partial charge in [-0.15, -0.1) is 5.11 Å². The van der Waals surface area contributed by atoms with E-state index >= 15 is 0 Å². The number of aliphatic hydroxyl groups excluding tert-OH is 2. The van der Waals surface area contributed by atoms with E-state index in [1.54, 1.807) is 12.3 Å². The van der Waals surface area contributed by atoms with Crippen molar-refractivity contribution in [2.24, 2.45) is 10.2 Å². The Kier molecular flexibility index (Phi) is 6.24. The molecule has 3 aromatic rings. The smallest absolute Gasteiger partial charge is 0.272 e. The number of aromatic nitrogens is 1. The Balaban J connectivity index is 1.91. The normalized spacial score (nSPS) is 11.4. The third-order valence-corrected chi connectivity index (χ3v) is 5.02. The highest BCUT2D eigenvalue weighted by Crippen LogP contribution is 2.35. The second kappa shape index (κ2) is 8.83. The van der Waals surface area contributed by atoms with Gasteiger partial charge in [-0.05, 0) is 42.2 Å². The highest BCUT2D eigenvalue weighted by molar-refractivity contribution is 7.14. The maximum Gasteiger partial charge on any atom is 0.272 e. The van der Waals surface area contributed by atoms with Gasteiger partial charge in [-0.1, -0.05) is 0 Å². The Morgan fingerprint density at radius 2 is 1.86 bits per heavy atom. The van der Waals surface area contributed by atoms with Gasteiger partial charge in [0.1, 0.15) is 5.69 Å². The number of aryl methyl sites for hydroxylation is 1. The van der Waals surface area contributed by atoms with E-state index in [0.29, 0.717) is 29.9 Å². The fourth-order valence-corrected chi connectivity index (χ4v) is 3.48. The number of aliphatic hydroxyl groups is 2. The molecule has 1 heterocycles. The Hall–Kier alpha value is -2.95. The molecular weight excluding hydrogens is 382 g/mol. The number of anilines is 1. The highest BCUT2D eigenvalue weighted by Gasteiger charge is 2.13. The Labute approximate surface area is 164 Å². The van der Waals surface area contributed by atoms with Gasteiger partial charge in [0.25, 0.3) is 5.69 Å². The average Bonchev–Trinajstić information content (AvgIpc) is 3.15. The second-order valence-electron chi connectivity index (χ2n) is 6.07. The molecule has 0 radical (unpaired) electrons. The van der Waals surface area contributed by atoms with Gasteiger partial charge in [0.05, 0.1) is 28.5 Å². The molecule has 0 atom stereocenters. The monoisotopic (exact) mass is 401 g/mol. The molecular formula is C18H19N5O4S. The summed E-state index contributed by atoms with van der Waals surface area (Å²) in [6.45, 7) is 2.68. The molecule has 0 bridgehead atoms. The van der Waals surface area contributed by atoms with Crippen molar-refractivity contribution in [2.75, 3.05) is 31.2 Å². The molecule has 0 aliphatic rings. The van der Waals surface area contributed by atoms with Crippen molar-refractivity contribution >= 4 is 44.4 Å². The number of hydrogen-bond donors (Lipinski definition) is 2. The van der Waals surface area contributed by atoms with Crippen molar-refractivity contribution in [1.82, 2.24) is 4.37 Å². The first-order valence-electron chi connectivity index (χ1n) is 8.55. The summed E-state index contributed by atoms with van der Waals surface area (Å²) in [5.74, 6) is 0. The van der Waals surface area contributed by atoms with Crippen LogP contribution in [-0.2, 0) is 0 Å². The summed E-state index contributed by atoms with van der Waals surface area (Å²) in [6.07, 6.45) is 1.57. The summed E-state index contributed by atoms with van der Waals surface area (Å²) in [4.78, 5) is 12.5. The van der Waals surface area contributed by atoms with E-state index in [2.05, 4.69) is 14.6 Å². The van der Waals surface area contributed by atoms with Crippen LogP contribution in [0.25, 0.3) is 10.1 Å². The molecule has 146 valence electrons. The van der Waals surface area contributed by atoms with Crippen LogP contribution in [0.4, 0.5) is 22.7 Å². The number of non-ortho nitro benzene ring substituents is 1. The largest absolute Gasteiger partial charge is 0.395 e. The minimum absolute atomic E-state index is 0.0157. The summed E-state index contributed by atoms with van der Waals surface area (Å²) in [7, 11) is 0. The molecule has 0 spiro atoms. The molecule has 0 saturated carbocycles. The molecule has 28 heavy (non-hydrogen) atoms. The van der Waals surface area contributed by atoms with Crippen molar-refractivity contribution in [3.8, 4) is 0 Å². The summed E-state index contributed by atoms with van der Waals surface area (Å²) in [6, 6.07) is 8.38. The van der Waals surface area contributed by atoms with Gasteiger partial charge >= 0.3 is 0 Å². The van der Waals surface area contributed by atoms with Crippen LogP contribution >= 0.6 is 11.5 Å². The summed E-state index contributed by atoms with van der Waals surface area (Å²) in [5, 5.41) is 38.6. The first kappa shape index (κ1) is 19.8. The molecule has 0 unspecified atom stereocenters. The SMILES string of the molecule is Cc1cc(N(CCO)CCO)ccc1N=Nc1cc([N+](=O)[O-])cc2cnsc12. The summed E-state index contributed by atoms with van der Waals surface area (Å²) in [5.41, 5.74) is 2.68. The molecule has 10 heteroatoms. The fraction of sp³-hybridized carbons (Fsp3) is 0.278. The zero-order valence-corrected chi connectivity index (χ0v) is 16.0. The maximum absolute atomic E-state index is 11.1. The van der Waals surface area contributed by atoms with Crippen LogP contribution in [0.1, 0.15) is 5.56 Å². The van der Waals surface area contributed by atoms with E-state index < -0.39 is 4.92 Å². The van der Waals surface area contributed by atoms with Crippen molar-refractivity contribution in [1.29, 1.82) is 0 Å². The zero-order valence-electron chi connectivity index (χ0n) is 15.1. The topological polar surface area (TPSA) is 124 Å². The van der Waals surface area contributed by atoms with Crippen LogP contribution in [-0.4, -0.2) is 45.8 Å². The minimum Gasteiger partial charge on any atom is -0.395 e. The van der Waals surface area contributed by atoms with Gasteiger partial charge < -0.3 is 15.1 Å². The Bertz CT molecular complexity index is 1010. The lowest BCUT2D eigenvalue weighted by molar-refractivity contribution is -0.384. The molecule has 2 aromatic carbocycles. The van der Waals surface area contributed by atoms with E-state index in [4.69, 9.17) is 0 Å². The van der Waals surface area contributed by atoms with Crippen molar-refractivity contribution in [2.45, 2.75) is 6.92 Å². The molecule has 0 fully saturated rings. The van der Waals surface area contributed by atoms with Crippen molar-refractivity contribution in [3.63, 3.8) is 0 Å². The van der Waals surface area contributed by atoms with Crippen LogP contribution in [0.5, 0.6) is 0 Å². The Morgan fingerprint density at radius 3 is 2.50 bits per heavy atom. The predicted octanol–water partition coefficient (Wildman–Crippen LogP) is 3.72. The van der Waals surface area contributed by atoms with Gasteiger partial charge in [0, 0.05) is 42.5 Å². The number of nitro benzene ring substituents is 1. The zero-order chi connectivity index (χ0) is 20.1. The summed E-state index contributed by atoms with van der Waals surface area (Å²) < 4.78 is 4.81. The standard InChI is InChI=1S/C18H19N5O4S/c1-12-8-14(22(4-6-24)5-7-25)2-3-16(12)20-21-17-10-15(23(26)27)9-13-11-19-28-18(13)17/h2-3,8-11,24-25H,4-7H2,1H3. The van der Waals surface area contributed by atoms with Crippen LogP contribution < -0.4 is 4.90 Å². The van der Waals surface area contributed by atoms with Crippen molar-refractivity contribution in [3.05, 3.63) is 52.2 Å². The van der Waals surface area contributed by atoms with Gasteiger partial charge in [-0.2, -0.15) is 9.49 Å². The number of nitro groups is 1. The van der Waals surface area contributed by atoms with E-state index in [1.165, 1.54) is 23.7 Å². The van der Waals surface area contributed by atoms with Crippen LogP contribution in [0, 0.1) is 17.0 Å². The van der Waals surface area contributed by atoms with Crippen LogP contribution in [0.15, 0.2) is 46.8 Å². The van der Waals surface area contributed by atoms with Crippen LogP contribution in [0.2, 0.25) is 0 Å². The molecule has 1 aromatic heterocycles. The third-order valence-electron chi connectivity index (χ3n) is 4.18. The molecule has 0 aliphatic heterocycles. The number of fused-ring (bicyclic) bond motifs is 1. The molecule has 0 aliphatic carbocycles. The first-order chi connectivity index (χ1) is 13.5. The van der Waals surface area contributed by atoms with Gasteiger partial charge in [-0.25, -0.2) is 0 Å². The second-order valence-corrected chi connectivity index (χ2v) is 6.87. The van der Waals surface area contributed by atoms with E-state index in [-0.39, 0.29) is 18.9 Å². The molecule has 2 N–H and O–H groups in total. The van der Waals surface area contributed by atoms with Gasteiger partial charge in [0.2, 0.25) is 0 Å². The highest BCUT2D eigenvalue weighted by atomic mass is 32.1. The summed E-state index contributed by atoms with van der Waals surface area (Å²) >= 11 is 1.21.